The Hall–Kier alpha value is -9.04. The number of anilines is 3. The molecule has 1 unspecified atom stereocenters. The van der Waals surface area contributed by atoms with Crippen LogP contribution in [0.1, 0.15) is 23.6 Å². The van der Waals surface area contributed by atoms with Gasteiger partial charge in [0, 0.05) is 22.5 Å². The van der Waals surface area contributed by atoms with Crippen LogP contribution in [0.3, 0.4) is 0 Å². The highest BCUT2D eigenvalue weighted by atomic mass is 15.1. The second-order valence-corrected chi connectivity index (χ2v) is 18.9. The molecule has 0 amide bonds. The van der Waals surface area contributed by atoms with Gasteiger partial charge in [0.05, 0.1) is 0 Å². The van der Waals surface area contributed by atoms with Crippen molar-refractivity contribution in [3.63, 3.8) is 0 Å². The number of hydrogen-bond donors (Lipinski definition) is 0. The van der Waals surface area contributed by atoms with Gasteiger partial charge in [-0.15, -0.1) is 0 Å². The number of nitrogens with zero attached hydrogens (tertiary/aromatic N) is 1. The molecule has 0 radical (unpaired) electrons. The van der Waals surface area contributed by atoms with E-state index in [4.69, 9.17) is 0 Å². The Kier molecular flexibility index (Phi) is 10.4. The van der Waals surface area contributed by atoms with Crippen LogP contribution in [0.5, 0.6) is 0 Å². The van der Waals surface area contributed by atoms with Crippen molar-refractivity contribution in [1.82, 2.24) is 0 Å². The van der Waals surface area contributed by atoms with E-state index in [1.807, 2.05) is 0 Å². The lowest BCUT2D eigenvalue weighted by Gasteiger charge is -2.31. The van der Waals surface area contributed by atoms with E-state index in [1.54, 1.807) is 0 Å². The van der Waals surface area contributed by atoms with E-state index in [-0.39, 0.29) is 5.41 Å². The molecule has 1 nitrogen and oxygen atoms in total. The molecule has 0 N–H and O–H groups in total. The van der Waals surface area contributed by atoms with Crippen LogP contribution < -0.4 is 4.90 Å². The lowest BCUT2D eigenvalue weighted by atomic mass is 9.74. The van der Waals surface area contributed by atoms with Gasteiger partial charge in [-0.2, -0.15) is 0 Å². The summed E-state index contributed by atoms with van der Waals surface area (Å²) in [5.41, 5.74) is 21.6. The first kappa shape index (κ1) is 42.1. The quantitative estimate of drug-likeness (QED) is 0.130. The SMILES string of the molecule is CC1(c2ccccc2)c2ccccc2-c2ccc(N(c3ccc(-c4ccc(-c5ccccc5)cc4)cc3)c3ccc(-c4ccc5c(c4)c(-c4ccccc4)c(-c4ccccc4)c4ccccc45)cc3)cc21. The van der Waals surface area contributed by atoms with Crippen molar-refractivity contribution in [2.24, 2.45) is 0 Å². The van der Waals surface area contributed by atoms with Gasteiger partial charge in [0.2, 0.25) is 0 Å². The monoisotopic (exact) mass is 903 g/mol. The Morgan fingerprint density at radius 1 is 0.254 bits per heavy atom. The maximum absolute atomic E-state index is 2.44. The molecule has 1 heteroatoms. The van der Waals surface area contributed by atoms with Crippen LogP contribution >= 0.6 is 0 Å². The van der Waals surface area contributed by atoms with Crippen LogP contribution in [-0.2, 0) is 5.41 Å². The van der Waals surface area contributed by atoms with Gasteiger partial charge in [-0.1, -0.05) is 237 Å². The largest absolute Gasteiger partial charge is 0.310 e. The van der Waals surface area contributed by atoms with Crippen LogP contribution in [0.2, 0.25) is 0 Å². The summed E-state index contributed by atoms with van der Waals surface area (Å²) in [7, 11) is 0. The first-order chi connectivity index (χ1) is 35.1. The molecule has 0 spiro atoms. The van der Waals surface area contributed by atoms with Gasteiger partial charge in [0.25, 0.3) is 0 Å². The minimum absolute atomic E-state index is 0.325. The standard InChI is InChI=1S/C70H49N/c1-70(56-24-12-5-13-25-56)66-29-17-16-27-62(66)63-45-43-59(47-67(63)70)71(57-39-34-51(35-40-57)50-32-30-49(31-33-50)48-18-6-2-7-19-48)58-41-36-52(37-42-58)55-38-44-61-60-26-14-15-28-64(60)68(53-20-8-3-9-21-53)69(65(61)46-55)54-22-10-4-11-23-54/h2-47H,1H3. The second kappa shape index (κ2) is 17.5. The molecule has 0 aliphatic heterocycles. The number of rotatable bonds is 9. The smallest absolute Gasteiger partial charge is 0.0465 e. The normalized spacial score (nSPS) is 13.8. The molecule has 0 saturated heterocycles. The van der Waals surface area contributed by atoms with E-state index in [0.29, 0.717) is 0 Å². The van der Waals surface area contributed by atoms with Crippen molar-refractivity contribution < 1.29 is 0 Å². The maximum Gasteiger partial charge on any atom is 0.0465 e. The minimum atomic E-state index is -0.325. The lowest BCUT2D eigenvalue weighted by molar-refractivity contribution is 0.714. The fourth-order valence-electron chi connectivity index (χ4n) is 11.4. The van der Waals surface area contributed by atoms with Crippen molar-refractivity contribution in [2.45, 2.75) is 12.3 Å². The van der Waals surface area contributed by atoms with E-state index < -0.39 is 0 Å². The van der Waals surface area contributed by atoms with Gasteiger partial charge in [0.1, 0.15) is 0 Å². The van der Waals surface area contributed by atoms with Gasteiger partial charge in [-0.3, -0.25) is 0 Å². The molecule has 12 aromatic carbocycles. The molecule has 1 aliphatic rings. The van der Waals surface area contributed by atoms with Crippen molar-refractivity contribution >= 4 is 38.6 Å². The molecule has 0 aromatic heterocycles. The summed E-state index contributed by atoms with van der Waals surface area (Å²) in [5.74, 6) is 0. The van der Waals surface area contributed by atoms with Crippen molar-refractivity contribution in [1.29, 1.82) is 0 Å². The van der Waals surface area contributed by atoms with Gasteiger partial charge >= 0.3 is 0 Å². The molecular weight excluding hydrogens is 855 g/mol. The summed E-state index contributed by atoms with van der Waals surface area (Å²) in [6.07, 6.45) is 0. The van der Waals surface area contributed by atoms with Crippen molar-refractivity contribution in [3.8, 4) is 66.8 Å². The predicted octanol–water partition coefficient (Wildman–Crippen LogP) is 19.1. The zero-order valence-corrected chi connectivity index (χ0v) is 39.5. The number of benzene rings is 12. The van der Waals surface area contributed by atoms with Gasteiger partial charge in [-0.05, 0) is 154 Å². The van der Waals surface area contributed by atoms with Gasteiger partial charge in [-0.25, -0.2) is 0 Å². The molecule has 71 heavy (non-hydrogen) atoms. The molecule has 0 bridgehead atoms. The Labute approximate surface area is 416 Å². The topological polar surface area (TPSA) is 3.24 Å². The van der Waals surface area contributed by atoms with Gasteiger partial charge < -0.3 is 4.90 Å². The van der Waals surface area contributed by atoms with E-state index in [2.05, 4.69) is 291 Å². The highest BCUT2D eigenvalue weighted by molar-refractivity contribution is 6.22. The Morgan fingerprint density at radius 3 is 1.24 bits per heavy atom. The summed E-state index contributed by atoms with van der Waals surface area (Å²) < 4.78 is 0. The fourth-order valence-corrected chi connectivity index (χ4v) is 11.4. The third kappa shape index (κ3) is 7.25. The number of hydrogen-bond acceptors (Lipinski definition) is 1. The molecule has 12 aromatic rings. The van der Waals surface area contributed by atoms with E-state index in [1.165, 1.54) is 105 Å². The minimum Gasteiger partial charge on any atom is -0.310 e. The summed E-state index contributed by atoms with van der Waals surface area (Å²) in [5, 5.41) is 5.01. The molecule has 334 valence electrons. The highest BCUT2D eigenvalue weighted by Crippen LogP contribution is 2.54. The molecular formula is C70H49N. The van der Waals surface area contributed by atoms with Crippen LogP contribution in [0.15, 0.2) is 279 Å². The van der Waals surface area contributed by atoms with Crippen LogP contribution in [0.25, 0.3) is 88.3 Å². The highest BCUT2D eigenvalue weighted by Gasteiger charge is 2.41. The molecule has 1 aliphatic carbocycles. The lowest BCUT2D eigenvalue weighted by Crippen LogP contribution is -2.22. The Balaban J connectivity index is 0.940. The first-order valence-corrected chi connectivity index (χ1v) is 24.7. The average Bonchev–Trinajstić information content (AvgIpc) is 3.71. The zero-order chi connectivity index (χ0) is 47.3. The third-order valence-corrected chi connectivity index (χ3v) is 15.0. The van der Waals surface area contributed by atoms with Crippen LogP contribution in [-0.4, -0.2) is 0 Å². The fraction of sp³-hybridized carbons (Fsp3) is 0.0286. The summed E-state index contributed by atoms with van der Waals surface area (Å²) in [4.78, 5) is 2.42. The van der Waals surface area contributed by atoms with E-state index in [0.717, 1.165) is 17.1 Å². The molecule has 1 atom stereocenters. The maximum atomic E-state index is 2.44. The van der Waals surface area contributed by atoms with Gasteiger partial charge in [0.15, 0.2) is 0 Å². The summed E-state index contributed by atoms with van der Waals surface area (Å²) in [6.45, 7) is 2.39. The van der Waals surface area contributed by atoms with E-state index in [9.17, 15) is 0 Å². The van der Waals surface area contributed by atoms with Crippen LogP contribution in [0.4, 0.5) is 17.1 Å². The molecule has 13 rings (SSSR count). The van der Waals surface area contributed by atoms with Crippen molar-refractivity contribution in [3.05, 3.63) is 296 Å². The van der Waals surface area contributed by atoms with Crippen LogP contribution in [0, 0.1) is 0 Å². The second-order valence-electron chi connectivity index (χ2n) is 18.9. The third-order valence-electron chi connectivity index (χ3n) is 15.0. The number of fused-ring (bicyclic) bond motifs is 6. The predicted molar refractivity (Wildman–Crippen MR) is 301 cm³/mol. The Bertz CT molecular complexity index is 3880. The zero-order valence-electron chi connectivity index (χ0n) is 39.5. The molecule has 0 heterocycles. The van der Waals surface area contributed by atoms with Crippen molar-refractivity contribution in [2.75, 3.05) is 4.90 Å². The van der Waals surface area contributed by atoms with E-state index >= 15 is 0 Å². The molecule has 0 fully saturated rings. The summed E-state index contributed by atoms with van der Waals surface area (Å²) in [6, 6.07) is 102. The average molecular weight is 904 g/mol. The molecule has 0 saturated carbocycles. The Morgan fingerprint density at radius 2 is 0.648 bits per heavy atom. The summed E-state index contributed by atoms with van der Waals surface area (Å²) >= 11 is 0. The first-order valence-electron chi connectivity index (χ1n) is 24.7.